The fraction of sp³-hybridized carbons (Fsp3) is 0. The van der Waals surface area contributed by atoms with Crippen LogP contribution in [-0.4, -0.2) is 16.1 Å². The number of ketones is 1. The highest BCUT2D eigenvalue weighted by atomic mass is 16.2. The first-order valence-electron chi connectivity index (χ1n) is 4.10. The standard InChI is InChI=1S/C10H8N2O2/c11-10(14)9(13)7-4-6-12-5-2-1-3-8(7)12/h1-6H,(H2,11,14). The van der Waals surface area contributed by atoms with Crippen LogP contribution in [0.4, 0.5) is 0 Å². The molecule has 0 unspecified atom stereocenters. The minimum atomic E-state index is -0.929. The number of Topliss-reactive ketones (excluding diaryl/α,β-unsaturated/α-hetero) is 1. The summed E-state index contributed by atoms with van der Waals surface area (Å²) < 4.78 is 1.76. The summed E-state index contributed by atoms with van der Waals surface area (Å²) in [4.78, 5) is 22.0. The van der Waals surface area contributed by atoms with Crippen molar-refractivity contribution < 1.29 is 9.59 Å². The van der Waals surface area contributed by atoms with E-state index in [0.717, 1.165) is 0 Å². The number of nitrogens with two attached hydrogens (primary N) is 1. The van der Waals surface area contributed by atoms with Crippen molar-refractivity contribution in [3.63, 3.8) is 0 Å². The number of hydrogen-bond donors (Lipinski definition) is 1. The van der Waals surface area contributed by atoms with Crippen LogP contribution in [-0.2, 0) is 4.79 Å². The molecule has 0 bridgehead atoms. The van der Waals surface area contributed by atoms with E-state index in [1.165, 1.54) is 0 Å². The summed E-state index contributed by atoms with van der Waals surface area (Å²) in [5.74, 6) is -1.58. The molecule has 2 aromatic heterocycles. The lowest BCUT2D eigenvalue weighted by atomic mass is 10.1. The molecule has 4 heteroatoms. The molecule has 0 atom stereocenters. The van der Waals surface area contributed by atoms with E-state index in [0.29, 0.717) is 11.1 Å². The van der Waals surface area contributed by atoms with Crippen LogP contribution in [0.15, 0.2) is 36.7 Å². The number of carbonyl (C=O) groups is 2. The number of aromatic nitrogens is 1. The fourth-order valence-corrected chi connectivity index (χ4v) is 1.38. The molecule has 0 fully saturated rings. The third-order valence-corrected chi connectivity index (χ3v) is 2.04. The first-order chi connectivity index (χ1) is 6.70. The molecular formula is C10H8N2O2. The van der Waals surface area contributed by atoms with Crippen LogP contribution in [0.1, 0.15) is 10.4 Å². The molecule has 0 aliphatic carbocycles. The molecule has 0 saturated heterocycles. The van der Waals surface area contributed by atoms with Crippen molar-refractivity contribution in [2.45, 2.75) is 0 Å². The van der Waals surface area contributed by atoms with Gasteiger partial charge < -0.3 is 10.1 Å². The molecule has 0 saturated carbocycles. The van der Waals surface area contributed by atoms with E-state index in [1.54, 1.807) is 35.0 Å². The van der Waals surface area contributed by atoms with Crippen LogP contribution >= 0.6 is 0 Å². The smallest absolute Gasteiger partial charge is 0.289 e. The Morgan fingerprint density at radius 2 is 1.93 bits per heavy atom. The van der Waals surface area contributed by atoms with Gasteiger partial charge in [0.15, 0.2) is 0 Å². The second-order valence-corrected chi connectivity index (χ2v) is 2.92. The summed E-state index contributed by atoms with van der Waals surface area (Å²) in [7, 11) is 0. The zero-order valence-corrected chi connectivity index (χ0v) is 7.31. The Bertz CT molecular complexity index is 514. The predicted octanol–water partition coefficient (Wildman–Crippen LogP) is 0.607. The monoisotopic (exact) mass is 188 g/mol. The van der Waals surface area contributed by atoms with Crippen molar-refractivity contribution in [1.29, 1.82) is 0 Å². The average Bonchev–Trinajstić information content (AvgIpc) is 2.60. The van der Waals surface area contributed by atoms with Gasteiger partial charge in [-0.2, -0.15) is 0 Å². The molecule has 0 aliphatic rings. The van der Waals surface area contributed by atoms with Crippen molar-refractivity contribution in [2.24, 2.45) is 5.73 Å². The maximum absolute atomic E-state index is 11.3. The summed E-state index contributed by atoms with van der Waals surface area (Å²) in [5.41, 5.74) is 5.96. The topological polar surface area (TPSA) is 64.6 Å². The van der Waals surface area contributed by atoms with Crippen LogP contribution in [0.25, 0.3) is 5.52 Å². The van der Waals surface area contributed by atoms with Gasteiger partial charge in [0, 0.05) is 12.4 Å². The lowest BCUT2D eigenvalue weighted by Gasteiger charge is -1.95. The highest BCUT2D eigenvalue weighted by Gasteiger charge is 2.15. The van der Waals surface area contributed by atoms with Gasteiger partial charge in [-0.05, 0) is 18.2 Å². The van der Waals surface area contributed by atoms with Crippen molar-refractivity contribution in [3.05, 3.63) is 42.2 Å². The molecule has 0 aliphatic heterocycles. The summed E-state index contributed by atoms with van der Waals surface area (Å²) in [6.07, 6.45) is 3.51. The van der Waals surface area contributed by atoms with E-state index >= 15 is 0 Å². The van der Waals surface area contributed by atoms with Gasteiger partial charge in [-0.15, -0.1) is 0 Å². The maximum Gasteiger partial charge on any atom is 0.289 e. The first kappa shape index (κ1) is 8.50. The van der Waals surface area contributed by atoms with Crippen LogP contribution in [0.5, 0.6) is 0 Å². The second-order valence-electron chi connectivity index (χ2n) is 2.92. The lowest BCUT2D eigenvalue weighted by Crippen LogP contribution is -2.22. The third-order valence-electron chi connectivity index (χ3n) is 2.04. The number of nitrogens with zero attached hydrogens (tertiary/aromatic N) is 1. The van der Waals surface area contributed by atoms with E-state index in [1.807, 2.05) is 6.07 Å². The molecule has 0 radical (unpaired) electrons. The molecule has 1 amide bonds. The Hall–Kier alpha value is -2.10. The molecule has 2 N–H and O–H groups in total. The molecule has 0 spiro atoms. The summed E-state index contributed by atoms with van der Waals surface area (Å²) in [6, 6.07) is 6.98. The number of amides is 1. The fourth-order valence-electron chi connectivity index (χ4n) is 1.38. The number of primary amides is 1. The zero-order valence-electron chi connectivity index (χ0n) is 7.31. The van der Waals surface area contributed by atoms with Gasteiger partial charge >= 0.3 is 0 Å². The molecule has 4 nitrogen and oxygen atoms in total. The Balaban J connectivity index is 2.64. The third kappa shape index (κ3) is 1.17. The maximum atomic E-state index is 11.3. The number of fused-ring (bicyclic) bond motifs is 1. The normalized spacial score (nSPS) is 10.3. The Morgan fingerprint density at radius 1 is 1.14 bits per heavy atom. The van der Waals surface area contributed by atoms with E-state index < -0.39 is 11.7 Å². The number of pyridine rings is 1. The summed E-state index contributed by atoms with van der Waals surface area (Å²) >= 11 is 0. The second kappa shape index (κ2) is 2.99. The van der Waals surface area contributed by atoms with Crippen LogP contribution in [0, 0.1) is 0 Å². The molecule has 2 rings (SSSR count). The van der Waals surface area contributed by atoms with E-state index in [4.69, 9.17) is 5.73 Å². The molecule has 2 aromatic rings. The lowest BCUT2D eigenvalue weighted by molar-refractivity contribution is -0.114. The first-order valence-corrected chi connectivity index (χ1v) is 4.10. The van der Waals surface area contributed by atoms with Crippen molar-refractivity contribution in [1.82, 2.24) is 4.40 Å². The molecular weight excluding hydrogens is 180 g/mol. The number of hydrogen-bond acceptors (Lipinski definition) is 2. The van der Waals surface area contributed by atoms with Crippen molar-refractivity contribution in [3.8, 4) is 0 Å². The van der Waals surface area contributed by atoms with Crippen LogP contribution in [0.2, 0.25) is 0 Å². The van der Waals surface area contributed by atoms with E-state index in [9.17, 15) is 9.59 Å². The Labute approximate surface area is 79.9 Å². The average molecular weight is 188 g/mol. The van der Waals surface area contributed by atoms with E-state index in [-0.39, 0.29) is 0 Å². The highest BCUT2D eigenvalue weighted by molar-refractivity contribution is 6.43. The SMILES string of the molecule is NC(=O)C(=O)c1ccn2ccccc12. The van der Waals surface area contributed by atoms with Crippen molar-refractivity contribution in [2.75, 3.05) is 0 Å². The molecule has 14 heavy (non-hydrogen) atoms. The minimum Gasteiger partial charge on any atom is -0.363 e. The number of rotatable bonds is 2. The summed E-state index contributed by atoms with van der Waals surface area (Å²) in [5, 5.41) is 0. The molecule has 70 valence electrons. The van der Waals surface area contributed by atoms with Crippen LogP contribution in [0.3, 0.4) is 0 Å². The van der Waals surface area contributed by atoms with Gasteiger partial charge in [0.2, 0.25) is 0 Å². The van der Waals surface area contributed by atoms with Gasteiger partial charge in [0.05, 0.1) is 11.1 Å². The zero-order chi connectivity index (χ0) is 10.1. The largest absolute Gasteiger partial charge is 0.363 e. The predicted molar refractivity (Wildman–Crippen MR) is 50.9 cm³/mol. The molecule has 2 heterocycles. The van der Waals surface area contributed by atoms with Gasteiger partial charge in [-0.25, -0.2) is 0 Å². The summed E-state index contributed by atoms with van der Waals surface area (Å²) in [6.45, 7) is 0. The quantitative estimate of drug-likeness (QED) is 0.554. The highest BCUT2D eigenvalue weighted by Crippen LogP contribution is 2.12. The Kier molecular flexibility index (Phi) is 1.81. The van der Waals surface area contributed by atoms with E-state index in [2.05, 4.69) is 0 Å². The minimum absolute atomic E-state index is 0.345. The van der Waals surface area contributed by atoms with Gasteiger partial charge in [0.1, 0.15) is 0 Å². The van der Waals surface area contributed by atoms with Crippen molar-refractivity contribution >= 4 is 17.2 Å². The van der Waals surface area contributed by atoms with Crippen LogP contribution < -0.4 is 5.73 Å². The Morgan fingerprint density at radius 3 is 2.64 bits per heavy atom. The van der Waals surface area contributed by atoms with Gasteiger partial charge in [-0.3, -0.25) is 9.59 Å². The molecule has 0 aromatic carbocycles. The number of carbonyl (C=O) groups excluding carboxylic acids is 2. The van der Waals surface area contributed by atoms with Gasteiger partial charge in [-0.1, -0.05) is 6.07 Å². The van der Waals surface area contributed by atoms with Gasteiger partial charge in [0.25, 0.3) is 11.7 Å².